The molecule has 0 aromatic carbocycles. The van der Waals surface area contributed by atoms with E-state index in [9.17, 15) is 4.79 Å². The molecule has 0 bridgehead atoms. The minimum atomic E-state index is -0.256. The van der Waals surface area contributed by atoms with Crippen molar-refractivity contribution in [3.05, 3.63) is 0 Å². The molecular weight excluding hydrogens is 192 g/mol. The number of nitrogens with two attached hydrogens (primary N) is 1. The average molecular weight is 214 g/mol. The topological polar surface area (TPSA) is 66.6 Å². The number of amides is 1. The normalized spacial score (nSPS) is 18.3. The highest BCUT2D eigenvalue weighted by molar-refractivity contribution is 5.73. The zero-order chi connectivity index (χ0) is 11.1. The largest absolute Gasteiger partial charge is 0.395 e. The molecule has 1 aliphatic rings. The second kappa shape index (κ2) is 6.80. The molecule has 88 valence electrons. The van der Waals surface area contributed by atoms with E-state index in [1.54, 1.807) is 0 Å². The van der Waals surface area contributed by atoms with E-state index in [0.717, 1.165) is 0 Å². The summed E-state index contributed by atoms with van der Waals surface area (Å²) < 4.78 is 0. The Hall–Kier alpha value is -0.610. The van der Waals surface area contributed by atoms with E-state index in [4.69, 9.17) is 10.8 Å². The molecule has 1 rings (SSSR count). The van der Waals surface area contributed by atoms with Crippen molar-refractivity contribution in [1.29, 1.82) is 0 Å². The van der Waals surface area contributed by atoms with Crippen molar-refractivity contribution in [2.75, 3.05) is 19.7 Å². The summed E-state index contributed by atoms with van der Waals surface area (Å²) in [6, 6.07) is 0.547. The first-order valence-electron chi connectivity index (χ1n) is 5.87. The lowest BCUT2D eigenvalue weighted by atomic mass is 9.94. The summed E-state index contributed by atoms with van der Waals surface area (Å²) in [6.45, 7) is 1.52. The van der Waals surface area contributed by atoms with Gasteiger partial charge in [-0.15, -0.1) is 0 Å². The van der Waals surface area contributed by atoms with Crippen LogP contribution in [-0.2, 0) is 4.79 Å². The molecule has 0 aliphatic heterocycles. The molecule has 3 N–H and O–H groups in total. The smallest absolute Gasteiger partial charge is 0.218 e. The van der Waals surface area contributed by atoms with Crippen LogP contribution < -0.4 is 5.73 Å². The number of carbonyl (C=O) groups is 1. The van der Waals surface area contributed by atoms with Crippen molar-refractivity contribution >= 4 is 5.91 Å². The molecule has 1 saturated carbocycles. The van der Waals surface area contributed by atoms with E-state index in [1.807, 2.05) is 0 Å². The van der Waals surface area contributed by atoms with Gasteiger partial charge in [-0.1, -0.05) is 19.3 Å². The Kier molecular flexibility index (Phi) is 5.65. The van der Waals surface area contributed by atoms with E-state index >= 15 is 0 Å². The second-order valence-electron chi connectivity index (χ2n) is 4.27. The fraction of sp³-hybridized carbons (Fsp3) is 0.909. The number of aliphatic hydroxyl groups is 1. The highest BCUT2D eigenvalue weighted by Gasteiger charge is 2.20. The molecule has 4 heteroatoms. The number of nitrogens with zero attached hydrogens (tertiary/aromatic N) is 1. The maximum Gasteiger partial charge on any atom is 0.218 e. The summed E-state index contributed by atoms with van der Waals surface area (Å²) in [6.07, 6.45) is 6.64. The van der Waals surface area contributed by atoms with Gasteiger partial charge in [-0.3, -0.25) is 9.69 Å². The van der Waals surface area contributed by atoms with Gasteiger partial charge >= 0.3 is 0 Å². The molecule has 0 spiro atoms. The van der Waals surface area contributed by atoms with Crippen LogP contribution in [0.15, 0.2) is 0 Å². The summed E-state index contributed by atoms with van der Waals surface area (Å²) in [5.41, 5.74) is 5.14. The zero-order valence-electron chi connectivity index (χ0n) is 9.32. The molecule has 0 radical (unpaired) electrons. The molecule has 0 heterocycles. The van der Waals surface area contributed by atoms with Crippen molar-refractivity contribution in [3.63, 3.8) is 0 Å². The number of rotatable bonds is 6. The molecule has 0 saturated heterocycles. The van der Waals surface area contributed by atoms with Gasteiger partial charge in [-0.25, -0.2) is 0 Å². The summed E-state index contributed by atoms with van der Waals surface area (Å²) in [5, 5.41) is 8.97. The van der Waals surface area contributed by atoms with E-state index in [2.05, 4.69) is 4.90 Å². The summed E-state index contributed by atoms with van der Waals surface area (Å²) >= 11 is 0. The molecule has 1 aliphatic carbocycles. The molecule has 0 unspecified atom stereocenters. The van der Waals surface area contributed by atoms with Crippen LogP contribution in [0.1, 0.15) is 38.5 Å². The van der Waals surface area contributed by atoms with Crippen molar-refractivity contribution < 1.29 is 9.90 Å². The Morgan fingerprint density at radius 1 is 1.27 bits per heavy atom. The molecular formula is C11H22N2O2. The van der Waals surface area contributed by atoms with Gasteiger partial charge in [0, 0.05) is 25.6 Å². The third-order valence-corrected chi connectivity index (χ3v) is 3.12. The third kappa shape index (κ3) is 4.62. The molecule has 0 aromatic rings. The Labute approximate surface area is 91.4 Å². The van der Waals surface area contributed by atoms with Gasteiger partial charge in [-0.05, 0) is 12.8 Å². The van der Waals surface area contributed by atoms with Gasteiger partial charge in [0.2, 0.25) is 5.91 Å². The quantitative estimate of drug-likeness (QED) is 0.676. The number of hydrogen-bond acceptors (Lipinski definition) is 3. The minimum absolute atomic E-state index is 0.162. The Bertz CT molecular complexity index is 191. The predicted octanol–water partition coefficient (Wildman–Crippen LogP) is 0.489. The van der Waals surface area contributed by atoms with E-state index in [0.29, 0.717) is 25.6 Å². The van der Waals surface area contributed by atoms with Crippen molar-refractivity contribution in [2.24, 2.45) is 5.73 Å². The monoisotopic (exact) mass is 214 g/mol. The maximum absolute atomic E-state index is 10.7. The SMILES string of the molecule is NC(=O)CCN(CCO)C1CCCCC1. The summed E-state index contributed by atoms with van der Waals surface area (Å²) in [5.74, 6) is -0.256. The highest BCUT2D eigenvalue weighted by atomic mass is 16.3. The van der Waals surface area contributed by atoms with E-state index in [1.165, 1.54) is 32.1 Å². The number of hydrogen-bond donors (Lipinski definition) is 2. The van der Waals surface area contributed by atoms with E-state index in [-0.39, 0.29) is 12.5 Å². The van der Waals surface area contributed by atoms with Crippen LogP contribution in [0.2, 0.25) is 0 Å². The maximum atomic E-state index is 10.7. The number of primary amides is 1. The lowest BCUT2D eigenvalue weighted by molar-refractivity contribution is -0.118. The third-order valence-electron chi connectivity index (χ3n) is 3.12. The van der Waals surface area contributed by atoms with Crippen LogP contribution in [0.3, 0.4) is 0 Å². The van der Waals surface area contributed by atoms with Crippen LogP contribution in [0.25, 0.3) is 0 Å². The zero-order valence-corrected chi connectivity index (χ0v) is 9.32. The van der Waals surface area contributed by atoms with Gasteiger partial charge in [0.1, 0.15) is 0 Å². The predicted molar refractivity (Wildman–Crippen MR) is 59.3 cm³/mol. The minimum Gasteiger partial charge on any atom is -0.395 e. The second-order valence-corrected chi connectivity index (χ2v) is 4.27. The summed E-state index contributed by atoms with van der Waals surface area (Å²) in [7, 11) is 0. The van der Waals surface area contributed by atoms with Crippen molar-refractivity contribution in [1.82, 2.24) is 4.90 Å². The molecule has 4 nitrogen and oxygen atoms in total. The summed E-state index contributed by atoms with van der Waals surface area (Å²) in [4.78, 5) is 12.9. The van der Waals surface area contributed by atoms with Gasteiger partial charge < -0.3 is 10.8 Å². The fourth-order valence-electron chi connectivity index (χ4n) is 2.31. The molecule has 15 heavy (non-hydrogen) atoms. The average Bonchev–Trinajstić information content (AvgIpc) is 2.25. The number of carbonyl (C=O) groups excluding carboxylic acids is 1. The van der Waals surface area contributed by atoms with Crippen LogP contribution in [0.5, 0.6) is 0 Å². The lowest BCUT2D eigenvalue weighted by Gasteiger charge is -2.33. The van der Waals surface area contributed by atoms with Crippen LogP contribution in [0, 0.1) is 0 Å². The van der Waals surface area contributed by atoms with Gasteiger partial charge in [0.15, 0.2) is 0 Å². The van der Waals surface area contributed by atoms with Crippen LogP contribution >= 0.6 is 0 Å². The Morgan fingerprint density at radius 3 is 2.47 bits per heavy atom. The lowest BCUT2D eigenvalue weighted by Crippen LogP contribution is -2.40. The molecule has 1 amide bonds. The first-order valence-corrected chi connectivity index (χ1v) is 5.87. The van der Waals surface area contributed by atoms with Crippen LogP contribution in [-0.4, -0.2) is 41.7 Å². The molecule has 1 fully saturated rings. The Morgan fingerprint density at radius 2 is 1.93 bits per heavy atom. The fourth-order valence-corrected chi connectivity index (χ4v) is 2.31. The van der Waals surface area contributed by atoms with Gasteiger partial charge in [0.25, 0.3) is 0 Å². The molecule has 0 atom stereocenters. The van der Waals surface area contributed by atoms with Crippen molar-refractivity contribution in [2.45, 2.75) is 44.6 Å². The molecule has 0 aromatic heterocycles. The van der Waals surface area contributed by atoms with Crippen molar-refractivity contribution in [3.8, 4) is 0 Å². The van der Waals surface area contributed by atoms with Gasteiger partial charge in [-0.2, -0.15) is 0 Å². The first-order chi connectivity index (χ1) is 7.24. The standard InChI is InChI=1S/C11H22N2O2/c12-11(15)6-7-13(8-9-14)10-4-2-1-3-5-10/h10,14H,1-9H2,(H2,12,15). The van der Waals surface area contributed by atoms with E-state index < -0.39 is 0 Å². The first kappa shape index (κ1) is 12.5. The highest BCUT2D eigenvalue weighted by Crippen LogP contribution is 2.22. The van der Waals surface area contributed by atoms with Crippen LogP contribution in [0.4, 0.5) is 0 Å². The van der Waals surface area contributed by atoms with Gasteiger partial charge in [0.05, 0.1) is 6.61 Å². The Balaban J connectivity index is 2.36. The number of aliphatic hydroxyl groups excluding tert-OH is 1.